The topological polar surface area (TPSA) is 146 Å². The molecule has 1 atom stereocenters. The second-order valence-electron chi connectivity index (χ2n) is 7.37. The SMILES string of the molecule is COc1cc(OC)cc(C(=O)N[C@@H](C(=O)OCC(=O)Nc2ccc([N+](=O)[O-])cc2Br)C(C)C)c1. The van der Waals surface area contributed by atoms with Gasteiger partial charge in [0, 0.05) is 28.2 Å². The summed E-state index contributed by atoms with van der Waals surface area (Å²) < 4.78 is 15.7. The van der Waals surface area contributed by atoms with Gasteiger partial charge in [0.1, 0.15) is 17.5 Å². The van der Waals surface area contributed by atoms with E-state index in [-0.39, 0.29) is 22.9 Å². The summed E-state index contributed by atoms with van der Waals surface area (Å²) in [5.41, 5.74) is 0.336. The van der Waals surface area contributed by atoms with Crippen LogP contribution in [0.5, 0.6) is 11.5 Å². The Hall–Kier alpha value is -3.67. The number of hydrogen-bond acceptors (Lipinski definition) is 8. The number of esters is 1. The molecule has 2 N–H and O–H groups in total. The zero-order chi connectivity index (χ0) is 25.4. The van der Waals surface area contributed by atoms with Crippen LogP contribution in [0.4, 0.5) is 11.4 Å². The molecule has 0 saturated carbocycles. The van der Waals surface area contributed by atoms with E-state index in [0.717, 1.165) is 0 Å². The lowest BCUT2D eigenvalue weighted by atomic mass is 10.0. The van der Waals surface area contributed by atoms with E-state index >= 15 is 0 Å². The number of methoxy groups -OCH3 is 2. The molecule has 0 aliphatic rings. The molecule has 2 aromatic carbocycles. The highest BCUT2D eigenvalue weighted by molar-refractivity contribution is 9.10. The van der Waals surface area contributed by atoms with Crippen molar-refractivity contribution < 1.29 is 33.5 Å². The van der Waals surface area contributed by atoms with Gasteiger partial charge < -0.3 is 24.8 Å². The van der Waals surface area contributed by atoms with Crippen LogP contribution in [0.15, 0.2) is 40.9 Å². The third-order valence-electron chi connectivity index (χ3n) is 4.60. The number of anilines is 1. The van der Waals surface area contributed by atoms with Gasteiger partial charge in [-0.05, 0) is 40.0 Å². The van der Waals surface area contributed by atoms with Crippen LogP contribution in [0, 0.1) is 16.0 Å². The zero-order valence-corrected chi connectivity index (χ0v) is 20.5. The summed E-state index contributed by atoms with van der Waals surface area (Å²) in [5, 5.41) is 15.9. The van der Waals surface area contributed by atoms with Crippen molar-refractivity contribution in [1.29, 1.82) is 0 Å². The van der Waals surface area contributed by atoms with Crippen LogP contribution in [0.3, 0.4) is 0 Å². The second-order valence-corrected chi connectivity index (χ2v) is 8.23. The number of nitro groups is 1. The third kappa shape index (κ3) is 7.17. The number of ether oxygens (including phenoxy) is 3. The summed E-state index contributed by atoms with van der Waals surface area (Å²) in [4.78, 5) is 47.8. The molecule has 0 fully saturated rings. The largest absolute Gasteiger partial charge is 0.497 e. The first-order valence-corrected chi connectivity index (χ1v) is 10.8. The quantitative estimate of drug-likeness (QED) is 0.266. The molecule has 11 nitrogen and oxygen atoms in total. The number of halogens is 1. The number of carbonyl (C=O) groups excluding carboxylic acids is 3. The fraction of sp³-hybridized carbons (Fsp3) is 0.318. The van der Waals surface area contributed by atoms with Gasteiger partial charge in [-0.3, -0.25) is 19.7 Å². The summed E-state index contributed by atoms with van der Waals surface area (Å²) in [6, 6.07) is 7.38. The van der Waals surface area contributed by atoms with Crippen molar-refractivity contribution >= 4 is 45.1 Å². The van der Waals surface area contributed by atoms with E-state index < -0.39 is 35.4 Å². The Morgan fingerprint density at radius 1 is 1.06 bits per heavy atom. The Bertz CT molecular complexity index is 1070. The number of hydrogen-bond donors (Lipinski definition) is 2. The number of nitrogens with zero attached hydrogens (tertiary/aromatic N) is 1. The fourth-order valence-corrected chi connectivity index (χ4v) is 3.26. The van der Waals surface area contributed by atoms with Crippen LogP contribution in [0.2, 0.25) is 0 Å². The fourth-order valence-electron chi connectivity index (χ4n) is 2.79. The van der Waals surface area contributed by atoms with Crippen molar-refractivity contribution in [3.8, 4) is 11.5 Å². The van der Waals surface area contributed by atoms with Crippen LogP contribution in [-0.4, -0.2) is 49.6 Å². The van der Waals surface area contributed by atoms with Crippen molar-refractivity contribution in [2.75, 3.05) is 26.1 Å². The molecule has 0 aliphatic carbocycles. The van der Waals surface area contributed by atoms with Gasteiger partial charge in [0.05, 0.1) is 24.8 Å². The minimum absolute atomic E-state index is 0.152. The minimum Gasteiger partial charge on any atom is -0.497 e. The summed E-state index contributed by atoms with van der Waals surface area (Å²) >= 11 is 3.14. The normalized spacial score (nSPS) is 11.4. The average Bonchev–Trinajstić information content (AvgIpc) is 2.81. The summed E-state index contributed by atoms with van der Waals surface area (Å²) in [6.07, 6.45) is 0. The summed E-state index contributed by atoms with van der Waals surface area (Å²) in [7, 11) is 2.90. The maximum absolute atomic E-state index is 12.7. The number of carbonyl (C=O) groups is 3. The van der Waals surface area contributed by atoms with Gasteiger partial charge in [0.2, 0.25) is 0 Å². The molecule has 2 rings (SSSR count). The predicted molar refractivity (Wildman–Crippen MR) is 126 cm³/mol. The van der Waals surface area contributed by atoms with E-state index in [1.54, 1.807) is 19.9 Å². The summed E-state index contributed by atoms with van der Waals surface area (Å²) in [5.74, 6) is -1.53. The molecule has 182 valence electrons. The molecule has 2 amide bonds. The Labute approximate surface area is 204 Å². The Morgan fingerprint density at radius 2 is 1.68 bits per heavy atom. The first-order chi connectivity index (χ1) is 16.0. The molecular weight excluding hydrogens is 514 g/mol. The van der Waals surface area contributed by atoms with Crippen molar-refractivity contribution in [2.45, 2.75) is 19.9 Å². The smallest absolute Gasteiger partial charge is 0.329 e. The molecule has 0 aliphatic heterocycles. The molecule has 34 heavy (non-hydrogen) atoms. The van der Waals surface area contributed by atoms with Gasteiger partial charge in [-0.25, -0.2) is 4.79 Å². The standard InChI is InChI=1S/C22H24BrN3O8/c1-12(2)20(25-21(28)13-7-15(32-3)10-16(8-13)33-4)22(29)34-11-19(27)24-18-6-5-14(26(30)31)9-17(18)23/h5-10,12,20H,11H2,1-4H3,(H,24,27)(H,25,28)/t20-/m1/s1. The molecule has 2 aromatic rings. The molecule has 0 unspecified atom stereocenters. The van der Waals surface area contributed by atoms with Gasteiger partial charge in [0.25, 0.3) is 17.5 Å². The first-order valence-electron chi connectivity index (χ1n) is 10.00. The number of nitro benzene ring substituents is 1. The van der Waals surface area contributed by atoms with Gasteiger partial charge in [-0.2, -0.15) is 0 Å². The van der Waals surface area contributed by atoms with Crippen molar-refractivity contribution in [2.24, 2.45) is 5.92 Å². The third-order valence-corrected chi connectivity index (χ3v) is 5.26. The maximum Gasteiger partial charge on any atom is 0.329 e. The lowest BCUT2D eigenvalue weighted by Gasteiger charge is -2.21. The zero-order valence-electron chi connectivity index (χ0n) is 18.9. The molecule has 12 heteroatoms. The lowest BCUT2D eigenvalue weighted by Crippen LogP contribution is -2.46. The van der Waals surface area contributed by atoms with Gasteiger partial charge in [0.15, 0.2) is 6.61 Å². The van der Waals surface area contributed by atoms with E-state index in [9.17, 15) is 24.5 Å². The van der Waals surface area contributed by atoms with E-state index in [1.165, 1.54) is 44.6 Å². The predicted octanol–water partition coefficient (Wildman–Crippen LogP) is 3.31. The maximum atomic E-state index is 12.7. The number of nitrogens with one attached hydrogen (secondary N) is 2. The van der Waals surface area contributed by atoms with Crippen molar-refractivity contribution in [3.05, 3.63) is 56.5 Å². The molecule has 0 bridgehead atoms. The van der Waals surface area contributed by atoms with Crippen LogP contribution in [0.1, 0.15) is 24.2 Å². The molecule has 0 radical (unpaired) electrons. The van der Waals surface area contributed by atoms with Crippen molar-refractivity contribution in [1.82, 2.24) is 5.32 Å². The molecule has 0 spiro atoms. The lowest BCUT2D eigenvalue weighted by molar-refractivity contribution is -0.384. The van der Waals surface area contributed by atoms with Crippen molar-refractivity contribution in [3.63, 3.8) is 0 Å². The summed E-state index contributed by atoms with van der Waals surface area (Å²) in [6.45, 7) is 2.81. The van der Waals surface area contributed by atoms with Gasteiger partial charge in [-0.15, -0.1) is 0 Å². The average molecular weight is 538 g/mol. The van der Waals surface area contributed by atoms with E-state index in [0.29, 0.717) is 16.0 Å². The van der Waals surface area contributed by atoms with Gasteiger partial charge in [-0.1, -0.05) is 13.8 Å². The Morgan fingerprint density at radius 3 is 2.18 bits per heavy atom. The van der Waals surface area contributed by atoms with E-state index in [4.69, 9.17) is 14.2 Å². The molecule has 0 aromatic heterocycles. The number of rotatable bonds is 10. The highest BCUT2D eigenvalue weighted by atomic mass is 79.9. The van der Waals surface area contributed by atoms with Crippen LogP contribution < -0.4 is 20.1 Å². The Kier molecular flexibility index (Phi) is 9.36. The van der Waals surface area contributed by atoms with E-state index in [2.05, 4.69) is 26.6 Å². The van der Waals surface area contributed by atoms with Crippen LogP contribution in [0.25, 0.3) is 0 Å². The minimum atomic E-state index is -1.02. The number of non-ortho nitro benzene ring substituents is 1. The highest BCUT2D eigenvalue weighted by Gasteiger charge is 2.27. The number of amides is 2. The molecule has 0 heterocycles. The number of benzene rings is 2. The van der Waals surface area contributed by atoms with Crippen LogP contribution >= 0.6 is 15.9 Å². The van der Waals surface area contributed by atoms with Crippen LogP contribution in [-0.2, 0) is 14.3 Å². The molecular formula is C22H24BrN3O8. The highest BCUT2D eigenvalue weighted by Crippen LogP contribution is 2.27. The first kappa shape index (κ1) is 26.6. The Balaban J connectivity index is 2.02. The molecule has 0 saturated heterocycles. The second kappa shape index (κ2) is 12.0. The monoisotopic (exact) mass is 537 g/mol. The van der Waals surface area contributed by atoms with E-state index in [1.807, 2.05) is 0 Å². The van der Waals surface area contributed by atoms with Gasteiger partial charge >= 0.3 is 5.97 Å².